The zero-order chi connectivity index (χ0) is 12.0. The summed E-state index contributed by atoms with van der Waals surface area (Å²) < 4.78 is 1.86. The van der Waals surface area contributed by atoms with E-state index < -0.39 is 0 Å². The first-order valence-electron chi connectivity index (χ1n) is 5.13. The number of hydrogen-bond donors (Lipinski definition) is 0. The predicted octanol–water partition coefficient (Wildman–Crippen LogP) is 5.26. The molecule has 0 radical (unpaired) electrons. The van der Waals surface area contributed by atoms with Gasteiger partial charge >= 0.3 is 0 Å². The van der Waals surface area contributed by atoms with Crippen molar-refractivity contribution in [3.05, 3.63) is 31.2 Å². The summed E-state index contributed by atoms with van der Waals surface area (Å²) in [4.78, 5) is 10.0. The Labute approximate surface area is 125 Å². The lowest BCUT2D eigenvalue weighted by Gasteiger charge is -2.06. The third-order valence-corrected chi connectivity index (χ3v) is 5.74. The Hall–Kier alpha value is 0.0300. The topological polar surface area (TPSA) is 25.8 Å². The van der Waals surface area contributed by atoms with Gasteiger partial charge in [0.25, 0.3) is 0 Å². The summed E-state index contributed by atoms with van der Waals surface area (Å²) >= 11 is 14.7. The Balaban J connectivity index is 2.15. The summed E-state index contributed by atoms with van der Waals surface area (Å²) in [6.07, 6.45) is 2.38. The maximum absolute atomic E-state index is 6.15. The molecule has 0 spiro atoms. The van der Waals surface area contributed by atoms with Crippen LogP contribution in [0.2, 0.25) is 5.15 Å². The van der Waals surface area contributed by atoms with E-state index in [0.717, 1.165) is 19.5 Å². The van der Waals surface area contributed by atoms with Gasteiger partial charge in [0.15, 0.2) is 5.82 Å². The zero-order valence-corrected chi connectivity index (χ0v) is 13.3. The van der Waals surface area contributed by atoms with Crippen LogP contribution in [0.5, 0.6) is 0 Å². The number of aromatic nitrogens is 2. The lowest BCUT2D eigenvalue weighted by atomic mass is 10.3. The second-order valence-corrected chi connectivity index (χ2v) is 6.83. The minimum Gasteiger partial charge on any atom is -0.231 e. The van der Waals surface area contributed by atoms with Crippen LogP contribution in [0.1, 0.15) is 24.5 Å². The van der Waals surface area contributed by atoms with Crippen molar-refractivity contribution < 1.29 is 0 Å². The molecule has 2 nitrogen and oxygen atoms in total. The number of hydrogen-bond acceptors (Lipinski definition) is 3. The molecule has 1 aliphatic carbocycles. The minimum atomic E-state index is 0.497. The molecule has 6 heteroatoms. The van der Waals surface area contributed by atoms with E-state index in [-0.39, 0.29) is 0 Å². The summed E-state index contributed by atoms with van der Waals surface area (Å²) in [5.74, 6) is 1.25. The Kier molecular flexibility index (Phi) is 3.28. The van der Waals surface area contributed by atoms with E-state index in [1.165, 1.54) is 12.8 Å². The van der Waals surface area contributed by atoms with Gasteiger partial charge in [-0.3, -0.25) is 0 Å². The molecule has 0 aromatic carbocycles. The van der Waals surface area contributed by atoms with Crippen LogP contribution in [-0.4, -0.2) is 9.97 Å². The Morgan fingerprint density at radius 2 is 2.06 bits per heavy atom. The van der Waals surface area contributed by atoms with Crippen LogP contribution in [0, 0.1) is 0 Å². The van der Waals surface area contributed by atoms with Gasteiger partial charge in [0.2, 0.25) is 0 Å². The quantitative estimate of drug-likeness (QED) is 0.649. The number of thiophene rings is 1. The predicted molar refractivity (Wildman–Crippen MR) is 77.7 cm³/mol. The third-order valence-electron chi connectivity index (χ3n) is 2.62. The molecule has 2 aromatic rings. The fourth-order valence-corrected chi connectivity index (χ4v) is 3.78. The molecule has 1 saturated carbocycles. The fourth-order valence-electron chi connectivity index (χ4n) is 1.62. The van der Waals surface area contributed by atoms with Gasteiger partial charge in [0.1, 0.15) is 5.15 Å². The van der Waals surface area contributed by atoms with Gasteiger partial charge in [-0.1, -0.05) is 11.6 Å². The van der Waals surface area contributed by atoms with Crippen LogP contribution in [-0.2, 0) is 0 Å². The molecule has 1 aliphatic rings. The largest absolute Gasteiger partial charge is 0.231 e. The number of rotatable bonds is 2. The molecule has 0 bridgehead atoms. The highest BCUT2D eigenvalue weighted by molar-refractivity contribution is 9.11. The van der Waals surface area contributed by atoms with Gasteiger partial charge in [-0.05, 0) is 56.1 Å². The van der Waals surface area contributed by atoms with Crippen molar-refractivity contribution in [2.45, 2.75) is 18.8 Å². The summed E-state index contributed by atoms with van der Waals surface area (Å²) in [5.41, 5.74) is 1.04. The maximum atomic E-state index is 6.15. The molecule has 0 N–H and O–H groups in total. The summed E-state index contributed by atoms with van der Waals surface area (Å²) in [5, 5.41) is 2.51. The summed E-state index contributed by atoms with van der Waals surface area (Å²) in [7, 11) is 0. The van der Waals surface area contributed by atoms with Crippen LogP contribution in [0.25, 0.3) is 10.7 Å². The normalized spacial score (nSPS) is 15.2. The summed E-state index contributed by atoms with van der Waals surface area (Å²) in [6.45, 7) is 0. The van der Waals surface area contributed by atoms with E-state index in [9.17, 15) is 0 Å². The number of nitrogens with zero attached hydrogens (tertiary/aromatic N) is 2. The van der Waals surface area contributed by atoms with Crippen LogP contribution in [0.3, 0.4) is 0 Å². The Morgan fingerprint density at radius 1 is 1.29 bits per heavy atom. The van der Waals surface area contributed by atoms with Gasteiger partial charge in [-0.15, -0.1) is 11.3 Å². The highest BCUT2D eigenvalue weighted by Gasteiger charge is 2.29. The SMILES string of the molecule is Clc1nc(-c2sccc2Br)nc(C2CC2)c1Br. The third kappa shape index (κ3) is 2.30. The molecule has 2 aromatic heterocycles. The van der Waals surface area contributed by atoms with Crippen LogP contribution >= 0.6 is 54.8 Å². The van der Waals surface area contributed by atoms with E-state index in [2.05, 4.69) is 41.8 Å². The molecule has 88 valence electrons. The fraction of sp³-hybridized carbons (Fsp3) is 0.273. The Bertz CT molecular complexity index is 581. The van der Waals surface area contributed by atoms with E-state index in [1.54, 1.807) is 11.3 Å². The van der Waals surface area contributed by atoms with Crippen molar-refractivity contribution in [3.63, 3.8) is 0 Å². The van der Waals surface area contributed by atoms with Gasteiger partial charge < -0.3 is 0 Å². The number of halogens is 3. The minimum absolute atomic E-state index is 0.497. The second kappa shape index (κ2) is 4.61. The average Bonchev–Trinajstić information content (AvgIpc) is 3.05. The van der Waals surface area contributed by atoms with Crippen LogP contribution in [0.15, 0.2) is 20.4 Å². The van der Waals surface area contributed by atoms with Gasteiger partial charge in [-0.25, -0.2) is 9.97 Å². The van der Waals surface area contributed by atoms with Crippen molar-refractivity contribution in [2.75, 3.05) is 0 Å². The molecule has 0 atom stereocenters. The van der Waals surface area contributed by atoms with Gasteiger partial charge in [0, 0.05) is 10.4 Å². The molecule has 0 saturated heterocycles. The standard InChI is InChI=1S/C11H7Br2ClN2S/c12-6-3-4-17-9(6)11-15-8(5-1-2-5)7(13)10(14)16-11/h3-5H,1-2H2. The maximum Gasteiger partial charge on any atom is 0.172 e. The molecule has 1 fully saturated rings. The van der Waals surface area contributed by atoms with Crippen LogP contribution in [0.4, 0.5) is 0 Å². The molecule has 0 unspecified atom stereocenters. The molecule has 2 heterocycles. The van der Waals surface area contributed by atoms with E-state index in [0.29, 0.717) is 16.9 Å². The average molecular weight is 395 g/mol. The van der Waals surface area contributed by atoms with Crippen LogP contribution < -0.4 is 0 Å². The molecule has 0 amide bonds. The van der Waals surface area contributed by atoms with Gasteiger partial charge in [0.05, 0.1) is 15.0 Å². The first-order valence-corrected chi connectivity index (χ1v) is 7.97. The van der Waals surface area contributed by atoms with Crippen molar-refractivity contribution in [2.24, 2.45) is 0 Å². The summed E-state index contributed by atoms with van der Waals surface area (Å²) in [6, 6.07) is 2.00. The van der Waals surface area contributed by atoms with E-state index >= 15 is 0 Å². The molecule has 0 aliphatic heterocycles. The van der Waals surface area contributed by atoms with E-state index in [1.807, 2.05) is 11.4 Å². The first-order chi connectivity index (χ1) is 8.16. The van der Waals surface area contributed by atoms with Crippen molar-refractivity contribution in [3.8, 4) is 10.7 Å². The highest BCUT2D eigenvalue weighted by atomic mass is 79.9. The zero-order valence-electron chi connectivity index (χ0n) is 8.58. The monoisotopic (exact) mass is 392 g/mol. The molecular formula is C11H7Br2ClN2S. The molecule has 3 rings (SSSR count). The second-order valence-electron chi connectivity index (χ2n) is 3.91. The van der Waals surface area contributed by atoms with Crippen molar-refractivity contribution in [1.82, 2.24) is 9.97 Å². The lowest BCUT2D eigenvalue weighted by molar-refractivity contribution is 0.981. The van der Waals surface area contributed by atoms with Gasteiger partial charge in [-0.2, -0.15) is 0 Å². The van der Waals surface area contributed by atoms with Crippen molar-refractivity contribution >= 4 is 54.8 Å². The lowest BCUT2D eigenvalue weighted by Crippen LogP contribution is -1.96. The highest BCUT2D eigenvalue weighted by Crippen LogP contribution is 2.45. The van der Waals surface area contributed by atoms with Crippen molar-refractivity contribution in [1.29, 1.82) is 0 Å². The smallest absolute Gasteiger partial charge is 0.172 e. The van der Waals surface area contributed by atoms with E-state index in [4.69, 9.17) is 11.6 Å². The Morgan fingerprint density at radius 3 is 2.65 bits per heavy atom. The molecular weight excluding hydrogens is 387 g/mol. The first kappa shape index (κ1) is 12.1. The molecule has 17 heavy (non-hydrogen) atoms.